The summed E-state index contributed by atoms with van der Waals surface area (Å²) in [6.45, 7) is 8.48. The van der Waals surface area contributed by atoms with Gasteiger partial charge in [0.05, 0.1) is 6.54 Å². The van der Waals surface area contributed by atoms with Crippen molar-refractivity contribution in [3.63, 3.8) is 0 Å². The van der Waals surface area contributed by atoms with E-state index in [2.05, 4.69) is 24.1 Å². The lowest BCUT2D eigenvalue weighted by atomic mass is 10.2. The van der Waals surface area contributed by atoms with Crippen LogP contribution in [0.4, 0.5) is 11.4 Å². The molecule has 0 heterocycles. The Morgan fingerprint density at radius 2 is 2.11 bits per heavy atom. The minimum Gasteiger partial charge on any atom is -0.398 e. The van der Waals surface area contributed by atoms with Crippen LogP contribution in [0.2, 0.25) is 0 Å². The van der Waals surface area contributed by atoms with E-state index in [0.717, 1.165) is 37.2 Å². The molecule has 0 saturated carbocycles. The summed E-state index contributed by atoms with van der Waals surface area (Å²) < 4.78 is 0. The van der Waals surface area contributed by atoms with Crippen molar-refractivity contribution < 1.29 is 4.79 Å². The highest BCUT2D eigenvalue weighted by Crippen LogP contribution is 2.16. The van der Waals surface area contributed by atoms with E-state index < -0.39 is 0 Å². The molecule has 0 aliphatic rings. The Labute approximate surface area is 116 Å². The molecule has 1 amide bonds. The van der Waals surface area contributed by atoms with Gasteiger partial charge in [-0.15, -0.1) is 0 Å². The first-order valence-electron chi connectivity index (χ1n) is 6.95. The highest BCUT2D eigenvalue weighted by atomic mass is 16.2. The minimum atomic E-state index is 0.0150. The fourth-order valence-corrected chi connectivity index (χ4v) is 1.85. The molecule has 0 aromatic heterocycles. The number of nitrogens with one attached hydrogen (secondary N) is 1. The van der Waals surface area contributed by atoms with Crippen molar-refractivity contribution >= 4 is 17.3 Å². The van der Waals surface area contributed by atoms with Crippen LogP contribution in [0, 0.1) is 6.92 Å². The van der Waals surface area contributed by atoms with Crippen molar-refractivity contribution in [3.8, 4) is 0 Å². The molecule has 0 spiro atoms. The number of hydrogen-bond donors (Lipinski definition) is 2. The Morgan fingerprint density at radius 3 is 2.68 bits per heavy atom. The van der Waals surface area contributed by atoms with Gasteiger partial charge in [-0.25, -0.2) is 0 Å². The largest absolute Gasteiger partial charge is 0.398 e. The summed E-state index contributed by atoms with van der Waals surface area (Å²) in [5, 5.41) is 2.89. The number of anilines is 2. The van der Waals surface area contributed by atoms with Crippen molar-refractivity contribution in [1.29, 1.82) is 0 Å². The zero-order valence-electron chi connectivity index (χ0n) is 12.2. The molecule has 4 nitrogen and oxygen atoms in total. The van der Waals surface area contributed by atoms with Gasteiger partial charge in [-0.05, 0) is 44.1 Å². The van der Waals surface area contributed by atoms with E-state index in [4.69, 9.17) is 5.73 Å². The smallest absolute Gasteiger partial charge is 0.238 e. The first-order chi connectivity index (χ1) is 9.06. The van der Waals surface area contributed by atoms with Gasteiger partial charge >= 0.3 is 0 Å². The summed E-state index contributed by atoms with van der Waals surface area (Å²) in [4.78, 5) is 14.1. The third-order valence-electron chi connectivity index (χ3n) is 3.21. The summed E-state index contributed by atoms with van der Waals surface area (Å²) in [6, 6.07) is 5.60. The van der Waals surface area contributed by atoms with Crippen molar-refractivity contribution in [3.05, 3.63) is 23.8 Å². The third kappa shape index (κ3) is 5.30. The molecule has 0 radical (unpaired) electrons. The van der Waals surface area contributed by atoms with E-state index in [1.54, 1.807) is 6.07 Å². The quantitative estimate of drug-likeness (QED) is 0.743. The normalized spacial score (nSPS) is 10.7. The van der Waals surface area contributed by atoms with E-state index in [1.165, 1.54) is 0 Å². The molecule has 3 N–H and O–H groups in total. The number of hydrogen-bond acceptors (Lipinski definition) is 3. The topological polar surface area (TPSA) is 58.4 Å². The van der Waals surface area contributed by atoms with Gasteiger partial charge in [0.1, 0.15) is 0 Å². The molecule has 0 atom stereocenters. The van der Waals surface area contributed by atoms with Crippen LogP contribution < -0.4 is 11.1 Å². The maximum absolute atomic E-state index is 11.9. The molecule has 19 heavy (non-hydrogen) atoms. The van der Waals surface area contributed by atoms with Gasteiger partial charge in [-0.1, -0.05) is 26.3 Å². The van der Waals surface area contributed by atoms with E-state index >= 15 is 0 Å². The van der Waals surface area contributed by atoms with E-state index in [9.17, 15) is 4.79 Å². The van der Waals surface area contributed by atoms with Crippen LogP contribution in [0.15, 0.2) is 18.2 Å². The molecule has 1 rings (SSSR count). The lowest BCUT2D eigenvalue weighted by Gasteiger charge is -2.19. The summed E-state index contributed by atoms with van der Waals surface area (Å²) in [7, 11) is 0. The lowest BCUT2D eigenvalue weighted by Crippen LogP contribution is -2.33. The number of benzene rings is 1. The number of aryl methyl sites for hydroxylation is 1. The predicted octanol–water partition coefficient (Wildman–Crippen LogP) is 2.64. The minimum absolute atomic E-state index is 0.0150. The number of amides is 1. The van der Waals surface area contributed by atoms with E-state index in [1.807, 2.05) is 19.1 Å². The lowest BCUT2D eigenvalue weighted by molar-refractivity contribution is -0.117. The van der Waals surface area contributed by atoms with Gasteiger partial charge in [0.25, 0.3) is 0 Å². The number of carbonyl (C=O) groups is 1. The third-order valence-corrected chi connectivity index (χ3v) is 3.21. The van der Waals surface area contributed by atoms with Crippen LogP contribution >= 0.6 is 0 Å². The number of unbranched alkanes of at least 4 members (excludes halogenated alkanes) is 1. The molecule has 0 aliphatic heterocycles. The van der Waals surface area contributed by atoms with Gasteiger partial charge in [-0.2, -0.15) is 0 Å². The maximum Gasteiger partial charge on any atom is 0.238 e. The fourth-order valence-electron chi connectivity index (χ4n) is 1.85. The van der Waals surface area contributed by atoms with Gasteiger partial charge in [0.2, 0.25) is 5.91 Å². The number of nitrogen functional groups attached to an aromatic ring is 1. The Bertz CT molecular complexity index is 418. The second kappa shape index (κ2) is 7.79. The Kier molecular flexibility index (Phi) is 6.36. The van der Waals surface area contributed by atoms with Crippen LogP contribution in [-0.4, -0.2) is 30.4 Å². The van der Waals surface area contributed by atoms with Crippen LogP contribution in [0.25, 0.3) is 0 Å². The van der Waals surface area contributed by atoms with Crippen molar-refractivity contribution in [2.75, 3.05) is 30.7 Å². The van der Waals surface area contributed by atoms with Crippen LogP contribution in [0.1, 0.15) is 32.3 Å². The summed E-state index contributed by atoms with van der Waals surface area (Å²) in [5.74, 6) is 0.0150. The summed E-state index contributed by atoms with van der Waals surface area (Å²) in [6.07, 6.45) is 2.27. The van der Waals surface area contributed by atoms with Crippen molar-refractivity contribution in [2.45, 2.75) is 33.6 Å². The average Bonchev–Trinajstić information content (AvgIpc) is 2.38. The van der Waals surface area contributed by atoms with Gasteiger partial charge in [0.15, 0.2) is 0 Å². The molecule has 106 valence electrons. The van der Waals surface area contributed by atoms with Gasteiger partial charge < -0.3 is 11.1 Å². The number of nitrogens with zero attached hydrogens (tertiary/aromatic N) is 1. The molecule has 0 fully saturated rings. The summed E-state index contributed by atoms with van der Waals surface area (Å²) >= 11 is 0. The average molecular weight is 263 g/mol. The maximum atomic E-state index is 11.9. The zero-order chi connectivity index (χ0) is 14.3. The number of carbonyl (C=O) groups excluding carboxylic acids is 1. The molecular formula is C15H25N3O. The van der Waals surface area contributed by atoms with Gasteiger partial charge in [0, 0.05) is 11.4 Å². The molecule has 0 bridgehead atoms. The zero-order valence-corrected chi connectivity index (χ0v) is 12.2. The molecule has 1 aromatic rings. The molecule has 4 heteroatoms. The van der Waals surface area contributed by atoms with Crippen LogP contribution in [-0.2, 0) is 4.79 Å². The first-order valence-corrected chi connectivity index (χ1v) is 6.95. The molecule has 1 aromatic carbocycles. The Balaban J connectivity index is 2.51. The Morgan fingerprint density at radius 1 is 1.37 bits per heavy atom. The number of rotatable bonds is 7. The highest BCUT2D eigenvalue weighted by molar-refractivity contribution is 5.92. The van der Waals surface area contributed by atoms with Crippen molar-refractivity contribution in [1.82, 2.24) is 4.90 Å². The van der Waals surface area contributed by atoms with E-state index in [-0.39, 0.29) is 5.91 Å². The SMILES string of the molecule is CCCCN(CC)CC(=O)Nc1ccc(C)c(N)c1. The van der Waals surface area contributed by atoms with Crippen LogP contribution in [0.3, 0.4) is 0 Å². The standard InChI is InChI=1S/C15H25N3O/c1-4-6-9-18(5-2)11-15(19)17-13-8-7-12(3)14(16)10-13/h7-8,10H,4-6,9,11,16H2,1-3H3,(H,17,19). The van der Waals surface area contributed by atoms with E-state index in [0.29, 0.717) is 12.2 Å². The number of nitrogens with two attached hydrogens (primary N) is 1. The monoisotopic (exact) mass is 263 g/mol. The molecular weight excluding hydrogens is 238 g/mol. The molecule has 0 saturated heterocycles. The second-order valence-electron chi connectivity index (χ2n) is 4.84. The van der Waals surface area contributed by atoms with Crippen molar-refractivity contribution in [2.24, 2.45) is 0 Å². The Hall–Kier alpha value is -1.55. The molecule has 0 aliphatic carbocycles. The predicted molar refractivity (Wildman–Crippen MR) is 81.2 cm³/mol. The second-order valence-corrected chi connectivity index (χ2v) is 4.84. The fraction of sp³-hybridized carbons (Fsp3) is 0.533. The number of likely N-dealkylation sites (N-methyl/N-ethyl adjacent to an activating group) is 1. The summed E-state index contributed by atoms with van der Waals surface area (Å²) in [5.41, 5.74) is 8.32. The van der Waals surface area contributed by atoms with Gasteiger partial charge in [-0.3, -0.25) is 9.69 Å². The first kappa shape index (κ1) is 15.5. The molecule has 0 unspecified atom stereocenters. The highest BCUT2D eigenvalue weighted by Gasteiger charge is 2.09. The van der Waals surface area contributed by atoms with Crippen LogP contribution in [0.5, 0.6) is 0 Å².